The molecule has 0 saturated heterocycles. The summed E-state index contributed by atoms with van der Waals surface area (Å²) in [6.45, 7) is 1.88. The molecule has 0 amide bonds. The molecule has 1 N–H and O–H groups in total. The molecule has 0 radical (unpaired) electrons. The summed E-state index contributed by atoms with van der Waals surface area (Å²) in [5.41, 5.74) is 0.336. The second-order valence-corrected chi connectivity index (χ2v) is 3.47. The summed E-state index contributed by atoms with van der Waals surface area (Å²) in [7, 11) is 0. The minimum Gasteiger partial charge on any atom is -0.384 e. The monoisotopic (exact) mass is 156 g/mol. The molecular formula is C6H8N2OS. The lowest BCUT2D eigenvalue weighted by atomic mass is 10.2. The molecule has 1 heterocycles. The Kier molecular flexibility index (Phi) is 1.10. The van der Waals surface area contributed by atoms with Crippen LogP contribution in [0.15, 0.2) is 0 Å². The van der Waals surface area contributed by atoms with Crippen molar-refractivity contribution in [2.75, 3.05) is 0 Å². The number of aryl methyl sites for hydroxylation is 1. The predicted octanol–water partition coefficient (Wildman–Crippen LogP) is 0.828. The van der Waals surface area contributed by atoms with Crippen molar-refractivity contribution in [2.24, 2.45) is 0 Å². The van der Waals surface area contributed by atoms with Gasteiger partial charge < -0.3 is 5.11 Å². The van der Waals surface area contributed by atoms with Crippen LogP contribution in [0.3, 0.4) is 0 Å². The van der Waals surface area contributed by atoms with Crippen molar-refractivity contribution in [1.29, 1.82) is 0 Å². The number of rotatable bonds is 1. The zero-order valence-electron chi connectivity index (χ0n) is 5.66. The van der Waals surface area contributed by atoms with Crippen molar-refractivity contribution in [1.82, 2.24) is 9.59 Å². The van der Waals surface area contributed by atoms with E-state index in [0.29, 0.717) is 0 Å². The van der Waals surface area contributed by atoms with Crippen LogP contribution in [0.4, 0.5) is 0 Å². The van der Waals surface area contributed by atoms with Crippen molar-refractivity contribution >= 4 is 11.5 Å². The quantitative estimate of drug-likeness (QED) is 0.655. The molecule has 0 spiro atoms. The van der Waals surface area contributed by atoms with Gasteiger partial charge in [-0.15, -0.1) is 5.10 Å². The minimum atomic E-state index is -0.543. The van der Waals surface area contributed by atoms with Crippen LogP contribution in [-0.4, -0.2) is 14.7 Å². The van der Waals surface area contributed by atoms with E-state index in [2.05, 4.69) is 9.59 Å². The highest BCUT2D eigenvalue weighted by Crippen LogP contribution is 2.47. The van der Waals surface area contributed by atoms with E-state index in [0.717, 1.165) is 23.4 Å². The first-order chi connectivity index (χ1) is 4.72. The van der Waals surface area contributed by atoms with Crippen LogP contribution in [0, 0.1) is 6.92 Å². The first-order valence-corrected chi connectivity index (χ1v) is 4.01. The van der Waals surface area contributed by atoms with Gasteiger partial charge >= 0.3 is 0 Å². The largest absolute Gasteiger partial charge is 0.384 e. The lowest BCUT2D eigenvalue weighted by molar-refractivity contribution is 0.154. The van der Waals surface area contributed by atoms with Crippen molar-refractivity contribution in [3.63, 3.8) is 0 Å². The topological polar surface area (TPSA) is 46.0 Å². The van der Waals surface area contributed by atoms with Gasteiger partial charge in [0.1, 0.15) is 5.60 Å². The molecule has 0 atom stereocenters. The Balaban J connectivity index is 2.42. The van der Waals surface area contributed by atoms with Gasteiger partial charge in [0.15, 0.2) is 0 Å². The Hall–Kier alpha value is -0.480. The second kappa shape index (κ2) is 1.77. The van der Waals surface area contributed by atoms with E-state index < -0.39 is 5.60 Å². The maximum atomic E-state index is 9.60. The highest BCUT2D eigenvalue weighted by Gasteiger charge is 2.45. The molecule has 1 fully saturated rings. The Morgan fingerprint density at radius 1 is 1.60 bits per heavy atom. The lowest BCUT2D eigenvalue weighted by Gasteiger charge is -2.01. The van der Waals surface area contributed by atoms with Crippen LogP contribution in [0.5, 0.6) is 0 Å². The maximum Gasteiger partial charge on any atom is 0.102 e. The van der Waals surface area contributed by atoms with E-state index in [9.17, 15) is 5.11 Å². The Bertz CT molecular complexity index is 254. The van der Waals surface area contributed by atoms with Crippen molar-refractivity contribution in [3.8, 4) is 0 Å². The van der Waals surface area contributed by atoms with Gasteiger partial charge in [0.25, 0.3) is 0 Å². The van der Waals surface area contributed by atoms with E-state index in [4.69, 9.17) is 0 Å². The highest BCUT2D eigenvalue weighted by atomic mass is 32.1. The Morgan fingerprint density at radius 3 is 2.70 bits per heavy atom. The van der Waals surface area contributed by atoms with Gasteiger partial charge in [-0.2, -0.15) is 0 Å². The lowest BCUT2D eigenvalue weighted by Crippen LogP contribution is -2.02. The summed E-state index contributed by atoms with van der Waals surface area (Å²) in [4.78, 5) is 0.951. The molecule has 2 rings (SSSR count). The average molecular weight is 156 g/mol. The van der Waals surface area contributed by atoms with Crippen LogP contribution in [0.25, 0.3) is 0 Å². The van der Waals surface area contributed by atoms with Gasteiger partial charge in [0.05, 0.1) is 10.6 Å². The van der Waals surface area contributed by atoms with Crippen molar-refractivity contribution in [3.05, 3.63) is 10.6 Å². The third-order valence-electron chi connectivity index (χ3n) is 1.80. The molecule has 0 aromatic carbocycles. The maximum absolute atomic E-state index is 9.60. The molecule has 1 aromatic heterocycles. The van der Waals surface area contributed by atoms with Crippen LogP contribution < -0.4 is 0 Å². The zero-order valence-corrected chi connectivity index (χ0v) is 6.48. The fourth-order valence-electron chi connectivity index (χ4n) is 1.00. The highest BCUT2D eigenvalue weighted by molar-refractivity contribution is 7.05. The van der Waals surface area contributed by atoms with Gasteiger partial charge in [-0.05, 0) is 31.3 Å². The van der Waals surface area contributed by atoms with Gasteiger partial charge in [0, 0.05) is 0 Å². The van der Waals surface area contributed by atoms with Crippen LogP contribution in [0.2, 0.25) is 0 Å². The number of hydrogen-bond donors (Lipinski definition) is 1. The van der Waals surface area contributed by atoms with E-state index >= 15 is 0 Å². The van der Waals surface area contributed by atoms with Gasteiger partial charge in [-0.3, -0.25) is 0 Å². The van der Waals surface area contributed by atoms with E-state index in [1.165, 1.54) is 11.5 Å². The van der Waals surface area contributed by atoms with Crippen LogP contribution in [0.1, 0.15) is 23.4 Å². The van der Waals surface area contributed by atoms with Gasteiger partial charge in [-0.25, -0.2) is 0 Å². The van der Waals surface area contributed by atoms with Crippen LogP contribution >= 0.6 is 11.5 Å². The Morgan fingerprint density at radius 2 is 2.30 bits per heavy atom. The zero-order chi connectivity index (χ0) is 7.19. The van der Waals surface area contributed by atoms with Gasteiger partial charge in [0.2, 0.25) is 0 Å². The number of nitrogens with zero attached hydrogens (tertiary/aromatic N) is 2. The number of hydrogen-bond acceptors (Lipinski definition) is 4. The fourth-order valence-corrected chi connectivity index (χ4v) is 1.79. The normalized spacial score (nSPS) is 21.0. The molecule has 4 heteroatoms. The molecule has 10 heavy (non-hydrogen) atoms. The third kappa shape index (κ3) is 0.759. The molecule has 1 aliphatic carbocycles. The molecule has 1 aliphatic rings. The van der Waals surface area contributed by atoms with Gasteiger partial charge in [-0.1, -0.05) is 4.49 Å². The predicted molar refractivity (Wildman–Crippen MR) is 37.8 cm³/mol. The third-order valence-corrected chi connectivity index (χ3v) is 2.82. The number of aliphatic hydroxyl groups is 1. The summed E-state index contributed by atoms with van der Waals surface area (Å²) < 4.78 is 3.76. The SMILES string of the molecule is Cc1nnsc1C1(O)CC1. The van der Waals surface area contributed by atoms with Crippen molar-refractivity contribution in [2.45, 2.75) is 25.4 Å². The number of aromatic nitrogens is 2. The first-order valence-electron chi connectivity index (χ1n) is 3.24. The molecule has 3 nitrogen and oxygen atoms in total. The average Bonchev–Trinajstić information content (AvgIpc) is 2.44. The summed E-state index contributed by atoms with van der Waals surface area (Å²) in [6, 6.07) is 0. The fraction of sp³-hybridized carbons (Fsp3) is 0.667. The van der Waals surface area contributed by atoms with Crippen LogP contribution in [-0.2, 0) is 5.60 Å². The van der Waals surface area contributed by atoms with E-state index in [-0.39, 0.29) is 0 Å². The Labute approximate surface area is 62.9 Å². The first kappa shape index (κ1) is 6.24. The van der Waals surface area contributed by atoms with E-state index in [1.807, 2.05) is 6.92 Å². The molecule has 1 aromatic rings. The second-order valence-electron chi connectivity index (χ2n) is 2.72. The summed E-state index contributed by atoms with van der Waals surface area (Å²) in [5, 5.41) is 13.4. The summed E-state index contributed by atoms with van der Waals surface area (Å²) in [5.74, 6) is 0. The standard InChI is InChI=1S/C6H8N2OS/c1-4-5(10-8-7-4)6(9)2-3-6/h9H,2-3H2,1H3. The minimum absolute atomic E-state index is 0.543. The molecule has 0 aliphatic heterocycles. The van der Waals surface area contributed by atoms with Crippen molar-refractivity contribution < 1.29 is 5.11 Å². The van der Waals surface area contributed by atoms with E-state index in [1.54, 1.807) is 0 Å². The molecule has 1 saturated carbocycles. The summed E-state index contributed by atoms with van der Waals surface area (Å²) >= 11 is 1.31. The summed E-state index contributed by atoms with van der Waals surface area (Å²) in [6.07, 6.45) is 1.75. The molecule has 0 unspecified atom stereocenters. The molecule has 0 bridgehead atoms. The molecular weight excluding hydrogens is 148 g/mol. The molecule has 54 valence electrons. The smallest absolute Gasteiger partial charge is 0.102 e.